The normalized spacial score (nSPS) is 13.4. The van der Waals surface area contributed by atoms with Crippen LogP contribution >= 0.6 is 11.6 Å². The lowest BCUT2D eigenvalue weighted by Crippen LogP contribution is -2.42. The van der Waals surface area contributed by atoms with Crippen LogP contribution in [0, 0.1) is 0 Å². The molecule has 102 valence electrons. The molecule has 0 fully saturated rings. The zero-order valence-corrected chi connectivity index (χ0v) is 10.7. The molecule has 0 heterocycles. The minimum Gasteiger partial charge on any atom is -0.497 e. The molecule has 0 amide bonds. The van der Waals surface area contributed by atoms with Gasteiger partial charge in [0.05, 0.1) is 7.11 Å². The number of hydrogen-bond donors (Lipinski definition) is 1. The summed E-state index contributed by atoms with van der Waals surface area (Å²) in [7, 11) is 1.51. The molecule has 0 aliphatic carbocycles. The summed E-state index contributed by atoms with van der Waals surface area (Å²) >= 11 is 5.37. The minimum atomic E-state index is -4.28. The molecule has 0 aliphatic rings. The maximum Gasteiger partial charge on any atom is 0.403 e. The van der Waals surface area contributed by atoms with Crippen LogP contribution in [0.15, 0.2) is 24.3 Å². The smallest absolute Gasteiger partial charge is 0.403 e. The summed E-state index contributed by atoms with van der Waals surface area (Å²) < 4.78 is 42.8. The molecular weight excluding hydrogens is 267 g/mol. The number of hydrogen-bond acceptors (Lipinski definition) is 2. The molecule has 1 aromatic rings. The fraction of sp³-hybridized carbons (Fsp3) is 0.500. The van der Waals surface area contributed by atoms with Crippen molar-refractivity contribution in [2.24, 2.45) is 0 Å². The molecular formula is C12H15ClF3NO. The molecule has 0 aliphatic heterocycles. The zero-order chi connectivity index (χ0) is 13.6. The van der Waals surface area contributed by atoms with Gasteiger partial charge in [-0.2, -0.15) is 13.2 Å². The van der Waals surface area contributed by atoms with E-state index >= 15 is 0 Å². The van der Waals surface area contributed by atoms with Crippen LogP contribution in [-0.2, 0) is 6.54 Å². The van der Waals surface area contributed by atoms with E-state index in [1.165, 1.54) is 7.11 Å². The second-order valence-electron chi connectivity index (χ2n) is 3.80. The van der Waals surface area contributed by atoms with Gasteiger partial charge >= 0.3 is 6.18 Å². The van der Waals surface area contributed by atoms with Crippen LogP contribution in [0.2, 0.25) is 0 Å². The molecule has 6 heteroatoms. The predicted molar refractivity (Wildman–Crippen MR) is 65.0 cm³/mol. The van der Waals surface area contributed by atoms with Gasteiger partial charge in [0.25, 0.3) is 0 Å². The van der Waals surface area contributed by atoms with Gasteiger partial charge in [-0.3, -0.25) is 0 Å². The van der Waals surface area contributed by atoms with Crippen molar-refractivity contribution in [1.82, 2.24) is 5.32 Å². The Kier molecular flexibility index (Phi) is 5.75. The van der Waals surface area contributed by atoms with E-state index in [1.807, 2.05) is 0 Å². The Morgan fingerprint density at radius 1 is 1.39 bits per heavy atom. The largest absolute Gasteiger partial charge is 0.497 e. The lowest BCUT2D eigenvalue weighted by Gasteiger charge is -2.20. The highest BCUT2D eigenvalue weighted by atomic mass is 35.5. The molecule has 0 spiro atoms. The zero-order valence-electron chi connectivity index (χ0n) is 9.93. The third kappa shape index (κ3) is 4.74. The van der Waals surface area contributed by atoms with Crippen LogP contribution in [0.1, 0.15) is 12.0 Å². The first kappa shape index (κ1) is 15.1. The van der Waals surface area contributed by atoms with Crippen molar-refractivity contribution in [1.29, 1.82) is 0 Å². The van der Waals surface area contributed by atoms with Crippen molar-refractivity contribution in [3.63, 3.8) is 0 Å². The lowest BCUT2D eigenvalue weighted by molar-refractivity contribution is -0.156. The molecule has 0 bridgehead atoms. The van der Waals surface area contributed by atoms with Crippen LogP contribution < -0.4 is 10.1 Å². The molecule has 1 rings (SSSR count). The average molecular weight is 282 g/mol. The van der Waals surface area contributed by atoms with Crippen molar-refractivity contribution in [2.45, 2.75) is 25.2 Å². The van der Waals surface area contributed by atoms with Crippen LogP contribution in [0.3, 0.4) is 0 Å². The second kappa shape index (κ2) is 6.85. The molecule has 1 aromatic carbocycles. The number of alkyl halides is 4. The highest BCUT2D eigenvalue weighted by Crippen LogP contribution is 2.23. The molecule has 1 unspecified atom stereocenters. The van der Waals surface area contributed by atoms with Crippen molar-refractivity contribution in [3.8, 4) is 5.75 Å². The Morgan fingerprint density at radius 2 is 2.11 bits per heavy atom. The second-order valence-corrected chi connectivity index (χ2v) is 4.18. The lowest BCUT2D eigenvalue weighted by atomic mass is 10.1. The summed E-state index contributed by atoms with van der Waals surface area (Å²) in [6.07, 6.45) is -4.43. The van der Waals surface area contributed by atoms with Gasteiger partial charge in [-0.15, -0.1) is 11.6 Å². The summed E-state index contributed by atoms with van der Waals surface area (Å²) in [6, 6.07) is 5.33. The van der Waals surface area contributed by atoms with E-state index in [2.05, 4.69) is 5.32 Å². The average Bonchev–Trinajstić information content (AvgIpc) is 2.33. The van der Waals surface area contributed by atoms with Gasteiger partial charge in [-0.25, -0.2) is 0 Å². The van der Waals surface area contributed by atoms with Gasteiger partial charge in [0, 0.05) is 12.4 Å². The SMILES string of the molecule is COc1cccc(CNC(CCCl)C(F)(F)F)c1. The first-order chi connectivity index (χ1) is 8.47. The first-order valence-corrected chi connectivity index (χ1v) is 6.00. The van der Waals surface area contributed by atoms with Crippen molar-refractivity contribution >= 4 is 11.6 Å². The Bertz CT molecular complexity index is 371. The molecule has 1 atom stereocenters. The fourth-order valence-electron chi connectivity index (χ4n) is 1.51. The van der Waals surface area contributed by atoms with Gasteiger partial charge in [-0.1, -0.05) is 12.1 Å². The molecule has 18 heavy (non-hydrogen) atoms. The minimum absolute atomic E-state index is 0.0325. The molecule has 0 radical (unpaired) electrons. The monoisotopic (exact) mass is 281 g/mol. The summed E-state index contributed by atoms with van der Waals surface area (Å²) in [5.41, 5.74) is 0.734. The first-order valence-electron chi connectivity index (χ1n) is 5.46. The number of methoxy groups -OCH3 is 1. The van der Waals surface area contributed by atoms with E-state index in [0.29, 0.717) is 5.75 Å². The topological polar surface area (TPSA) is 21.3 Å². The van der Waals surface area contributed by atoms with Gasteiger partial charge < -0.3 is 10.1 Å². The Labute approximate surface area is 109 Å². The van der Waals surface area contributed by atoms with E-state index in [1.54, 1.807) is 24.3 Å². The summed E-state index contributed by atoms with van der Waals surface area (Å²) in [5.74, 6) is 0.588. The summed E-state index contributed by atoms with van der Waals surface area (Å²) in [4.78, 5) is 0. The molecule has 1 N–H and O–H groups in total. The summed E-state index contributed by atoms with van der Waals surface area (Å²) in [6.45, 7) is 0.123. The Morgan fingerprint density at radius 3 is 2.67 bits per heavy atom. The third-order valence-electron chi connectivity index (χ3n) is 2.48. The molecule has 2 nitrogen and oxygen atoms in total. The van der Waals surface area contributed by atoms with E-state index in [9.17, 15) is 13.2 Å². The van der Waals surface area contributed by atoms with Crippen LogP contribution in [0.4, 0.5) is 13.2 Å². The van der Waals surface area contributed by atoms with Crippen LogP contribution in [0.25, 0.3) is 0 Å². The number of ether oxygens (including phenoxy) is 1. The number of nitrogens with one attached hydrogen (secondary N) is 1. The predicted octanol–water partition coefficient (Wildman–Crippen LogP) is 3.34. The number of benzene rings is 1. The van der Waals surface area contributed by atoms with Gasteiger partial charge in [0.15, 0.2) is 0 Å². The van der Waals surface area contributed by atoms with Crippen molar-refractivity contribution < 1.29 is 17.9 Å². The fourth-order valence-corrected chi connectivity index (χ4v) is 1.73. The molecule has 0 aromatic heterocycles. The molecule has 0 saturated carbocycles. The third-order valence-corrected chi connectivity index (χ3v) is 2.70. The number of halogens is 4. The quantitative estimate of drug-likeness (QED) is 0.808. The van der Waals surface area contributed by atoms with Crippen molar-refractivity contribution in [3.05, 3.63) is 29.8 Å². The van der Waals surface area contributed by atoms with Gasteiger partial charge in [-0.05, 0) is 24.1 Å². The number of rotatable bonds is 6. The maximum absolute atomic E-state index is 12.6. The Hall–Kier alpha value is -0.940. The van der Waals surface area contributed by atoms with Crippen LogP contribution in [0.5, 0.6) is 5.75 Å². The highest BCUT2D eigenvalue weighted by Gasteiger charge is 2.38. The highest BCUT2D eigenvalue weighted by molar-refractivity contribution is 6.17. The van der Waals surface area contributed by atoms with E-state index in [0.717, 1.165) is 5.56 Å². The van der Waals surface area contributed by atoms with E-state index in [4.69, 9.17) is 16.3 Å². The van der Waals surface area contributed by atoms with Gasteiger partial charge in [0.2, 0.25) is 0 Å². The Balaban J connectivity index is 2.61. The maximum atomic E-state index is 12.6. The molecule has 0 saturated heterocycles. The van der Waals surface area contributed by atoms with Crippen molar-refractivity contribution in [2.75, 3.05) is 13.0 Å². The van der Waals surface area contributed by atoms with E-state index < -0.39 is 12.2 Å². The van der Waals surface area contributed by atoms with Gasteiger partial charge in [0.1, 0.15) is 11.8 Å². The van der Waals surface area contributed by atoms with E-state index in [-0.39, 0.29) is 18.8 Å². The standard InChI is InChI=1S/C12H15ClF3NO/c1-18-10-4-2-3-9(7-10)8-17-11(5-6-13)12(14,15)16/h2-4,7,11,17H,5-6,8H2,1H3. The summed E-state index contributed by atoms with van der Waals surface area (Å²) in [5, 5.41) is 2.46. The van der Waals surface area contributed by atoms with Crippen LogP contribution in [-0.4, -0.2) is 25.2 Å².